The number of likely N-dealkylation sites (tertiary alicyclic amines) is 1. The molecule has 0 aromatic heterocycles. The molecule has 160 valence electrons. The van der Waals surface area contributed by atoms with Gasteiger partial charge in [0.1, 0.15) is 18.3 Å². The van der Waals surface area contributed by atoms with Crippen molar-refractivity contribution in [2.75, 3.05) is 20.2 Å². The van der Waals surface area contributed by atoms with Gasteiger partial charge in [-0.15, -0.1) is 0 Å². The van der Waals surface area contributed by atoms with Crippen LogP contribution in [-0.2, 0) is 38.2 Å². The molecular weight excluding hydrogens is 388 g/mol. The summed E-state index contributed by atoms with van der Waals surface area (Å²) < 4.78 is 15.6. The fourth-order valence-electron chi connectivity index (χ4n) is 4.14. The van der Waals surface area contributed by atoms with E-state index in [1.165, 1.54) is 14.0 Å². The van der Waals surface area contributed by atoms with E-state index in [9.17, 15) is 29.1 Å². The van der Waals surface area contributed by atoms with Gasteiger partial charge >= 0.3 is 11.9 Å². The first-order chi connectivity index (χ1) is 13.8. The van der Waals surface area contributed by atoms with Crippen LogP contribution in [0.5, 0.6) is 0 Å². The van der Waals surface area contributed by atoms with Crippen molar-refractivity contribution in [3.8, 4) is 0 Å². The first kappa shape index (κ1) is 21.2. The number of esters is 2. The predicted octanol–water partition coefficient (Wildman–Crippen LogP) is -1.88. The Morgan fingerprint density at radius 1 is 1.14 bits per heavy atom. The van der Waals surface area contributed by atoms with Crippen LogP contribution in [0, 0.1) is 11.8 Å². The second kappa shape index (κ2) is 8.46. The van der Waals surface area contributed by atoms with E-state index in [-0.39, 0.29) is 38.3 Å². The quantitative estimate of drug-likeness (QED) is 0.265. The average Bonchev–Trinajstić information content (AvgIpc) is 3.28. The number of aliphatic hydroxyl groups excluding tert-OH is 1. The van der Waals surface area contributed by atoms with Gasteiger partial charge < -0.3 is 24.6 Å². The summed E-state index contributed by atoms with van der Waals surface area (Å²) in [4.78, 5) is 60.4. The number of hydrogen-bond acceptors (Lipinski definition) is 9. The first-order valence-corrected chi connectivity index (χ1v) is 9.48. The zero-order valence-electron chi connectivity index (χ0n) is 16.2. The first-order valence-electron chi connectivity index (χ1n) is 9.48. The van der Waals surface area contributed by atoms with Crippen LogP contribution >= 0.6 is 0 Å². The molecule has 0 aromatic carbocycles. The minimum Gasteiger partial charge on any atom is -0.466 e. The fourth-order valence-corrected chi connectivity index (χ4v) is 4.14. The molecule has 11 nitrogen and oxygen atoms in total. The normalized spacial score (nSPS) is 32.3. The number of nitrogens with one attached hydrogen (secondary N) is 1. The summed E-state index contributed by atoms with van der Waals surface area (Å²) in [5.41, 5.74) is 0. The number of hydrogen-bond donors (Lipinski definition) is 2. The van der Waals surface area contributed by atoms with Crippen LogP contribution in [0.15, 0.2) is 0 Å². The van der Waals surface area contributed by atoms with E-state index in [0.717, 1.165) is 4.90 Å². The molecule has 4 unspecified atom stereocenters. The van der Waals surface area contributed by atoms with Crippen molar-refractivity contribution >= 4 is 29.7 Å². The third-order valence-electron chi connectivity index (χ3n) is 5.43. The van der Waals surface area contributed by atoms with Gasteiger partial charge in [-0.25, -0.2) is 0 Å². The predicted molar refractivity (Wildman–Crippen MR) is 92.8 cm³/mol. The van der Waals surface area contributed by atoms with Crippen LogP contribution in [0.2, 0.25) is 0 Å². The maximum absolute atomic E-state index is 12.7. The van der Waals surface area contributed by atoms with E-state index in [1.807, 2.05) is 0 Å². The highest BCUT2D eigenvalue weighted by molar-refractivity contribution is 6.06. The van der Waals surface area contributed by atoms with E-state index >= 15 is 0 Å². The maximum Gasteiger partial charge on any atom is 0.306 e. The molecule has 3 fully saturated rings. The van der Waals surface area contributed by atoms with Crippen LogP contribution < -0.4 is 5.32 Å². The molecule has 29 heavy (non-hydrogen) atoms. The highest BCUT2D eigenvalue weighted by atomic mass is 16.6. The number of carbonyl (C=O) groups excluding carboxylic acids is 5. The lowest BCUT2D eigenvalue weighted by Crippen LogP contribution is -2.49. The summed E-state index contributed by atoms with van der Waals surface area (Å²) >= 11 is 0. The third kappa shape index (κ3) is 3.97. The Morgan fingerprint density at radius 2 is 1.79 bits per heavy atom. The second-order valence-corrected chi connectivity index (χ2v) is 7.26. The summed E-state index contributed by atoms with van der Waals surface area (Å²) in [5.74, 6) is -3.90. The van der Waals surface area contributed by atoms with Crippen molar-refractivity contribution in [2.24, 2.45) is 11.8 Å². The highest BCUT2D eigenvalue weighted by Gasteiger charge is 2.69. The highest BCUT2D eigenvalue weighted by Crippen LogP contribution is 2.49. The van der Waals surface area contributed by atoms with Gasteiger partial charge in [0.25, 0.3) is 0 Å². The molecule has 3 amide bonds. The van der Waals surface area contributed by atoms with Gasteiger partial charge in [-0.3, -0.25) is 28.9 Å². The lowest BCUT2D eigenvalue weighted by atomic mass is 9.78. The van der Waals surface area contributed by atoms with Crippen molar-refractivity contribution in [3.63, 3.8) is 0 Å². The average molecular weight is 412 g/mol. The van der Waals surface area contributed by atoms with Gasteiger partial charge in [-0.05, 0) is 6.42 Å². The maximum atomic E-state index is 12.7. The number of imide groups is 1. The molecule has 3 saturated heterocycles. The molecule has 3 aliphatic rings. The molecule has 0 aliphatic carbocycles. The summed E-state index contributed by atoms with van der Waals surface area (Å²) in [5, 5.41) is 12.7. The minimum absolute atomic E-state index is 0.00102. The van der Waals surface area contributed by atoms with Crippen LogP contribution in [0.4, 0.5) is 0 Å². The van der Waals surface area contributed by atoms with Crippen LogP contribution in [0.1, 0.15) is 26.2 Å². The molecule has 0 radical (unpaired) electrons. The zero-order valence-corrected chi connectivity index (χ0v) is 16.2. The number of rotatable bonds is 8. The topological polar surface area (TPSA) is 149 Å². The Bertz CT molecular complexity index is 724. The number of ether oxygens (including phenoxy) is 3. The zero-order chi connectivity index (χ0) is 21.3. The van der Waals surface area contributed by atoms with Gasteiger partial charge in [0.05, 0.1) is 24.9 Å². The lowest BCUT2D eigenvalue weighted by molar-refractivity contribution is -0.157. The minimum atomic E-state index is -1.16. The molecule has 0 saturated carbocycles. The number of carbonyl (C=O) groups is 5. The van der Waals surface area contributed by atoms with E-state index in [0.29, 0.717) is 0 Å². The molecular formula is C18H24N2O9. The monoisotopic (exact) mass is 412 g/mol. The Kier molecular flexibility index (Phi) is 6.18. The SMILES string of the molecule is CNC(=O)CCC(=O)OCCCN1C(=O)C2C3O[C@@H](C2C1=O)[C@@H](O)C3OC(C)=O. The van der Waals surface area contributed by atoms with Gasteiger partial charge in [-0.2, -0.15) is 0 Å². The van der Waals surface area contributed by atoms with Crippen molar-refractivity contribution in [2.45, 2.75) is 50.6 Å². The van der Waals surface area contributed by atoms with Gasteiger partial charge in [0.15, 0.2) is 6.10 Å². The van der Waals surface area contributed by atoms with Crippen molar-refractivity contribution < 1.29 is 43.3 Å². The molecule has 11 heteroatoms. The van der Waals surface area contributed by atoms with Gasteiger partial charge in [0.2, 0.25) is 17.7 Å². The smallest absolute Gasteiger partial charge is 0.306 e. The van der Waals surface area contributed by atoms with Crippen LogP contribution in [0.3, 0.4) is 0 Å². The second-order valence-electron chi connectivity index (χ2n) is 7.26. The van der Waals surface area contributed by atoms with Crippen molar-refractivity contribution in [1.82, 2.24) is 10.2 Å². The number of amides is 3. The van der Waals surface area contributed by atoms with Crippen molar-refractivity contribution in [1.29, 1.82) is 0 Å². The summed E-state index contributed by atoms with van der Waals surface area (Å²) in [6.07, 6.45) is -3.67. The molecule has 3 rings (SSSR count). The van der Waals surface area contributed by atoms with Crippen molar-refractivity contribution in [3.05, 3.63) is 0 Å². The Labute approximate surface area is 166 Å². The Morgan fingerprint density at radius 3 is 2.41 bits per heavy atom. The molecule has 3 aliphatic heterocycles. The fraction of sp³-hybridized carbons (Fsp3) is 0.722. The van der Waals surface area contributed by atoms with Crippen LogP contribution in [0.25, 0.3) is 0 Å². The molecule has 0 spiro atoms. The largest absolute Gasteiger partial charge is 0.466 e. The van der Waals surface area contributed by atoms with E-state index in [4.69, 9.17) is 14.2 Å². The summed E-state index contributed by atoms with van der Waals surface area (Å²) in [6.45, 7) is 1.25. The van der Waals surface area contributed by atoms with Gasteiger partial charge in [0, 0.05) is 26.9 Å². The van der Waals surface area contributed by atoms with E-state index in [1.54, 1.807) is 0 Å². The van der Waals surface area contributed by atoms with Crippen LogP contribution in [-0.4, -0.2) is 84.3 Å². The number of nitrogens with zero attached hydrogens (tertiary/aromatic N) is 1. The van der Waals surface area contributed by atoms with Gasteiger partial charge in [-0.1, -0.05) is 0 Å². The molecule has 3 heterocycles. The standard InChI is InChI=1S/C18H24N2O9/c1-8(21)28-16-13(24)14-11-12(15(16)29-14)18(26)20(17(11)25)6-3-7-27-10(23)5-4-9(22)19-2/h11-16,24H,3-7H2,1-2H3,(H,19,22)/t11?,12?,13-,14+,15?,16?/m1/s1. The third-order valence-corrected chi connectivity index (χ3v) is 5.43. The van der Waals surface area contributed by atoms with E-state index in [2.05, 4.69) is 5.32 Å². The summed E-state index contributed by atoms with van der Waals surface area (Å²) in [7, 11) is 1.47. The molecule has 0 aromatic rings. The molecule has 2 N–H and O–H groups in total. The summed E-state index contributed by atoms with van der Waals surface area (Å²) in [6, 6.07) is 0. The molecule has 6 atom stereocenters. The Hall–Kier alpha value is -2.53. The number of fused-ring (bicyclic) bond motifs is 5. The lowest BCUT2D eigenvalue weighted by Gasteiger charge is -2.28. The number of aliphatic hydroxyl groups is 1. The van der Waals surface area contributed by atoms with E-state index < -0.39 is 60.0 Å². The molecule has 2 bridgehead atoms. The Balaban J connectivity index is 1.50.